The molecule has 6 heteroatoms. The molecule has 0 unspecified atom stereocenters. The van der Waals surface area contributed by atoms with Crippen molar-refractivity contribution in [3.05, 3.63) is 35.4 Å². The van der Waals surface area contributed by atoms with Crippen LogP contribution in [0, 0.1) is 6.92 Å². The van der Waals surface area contributed by atoms with Gasteiger partial charge in [0.15, 0.2) is 0 Å². The zero-order valence-corrected chi connectivity index (χ0v) is 15.2. The Kier molecular flexibility index (Phi) is 5.23. The third-order valence-electron chi connectivity index (χ3n) is 4.78. The van der Waals surface area contributed by atoms with Crippen LogP contribution in [0.1, 0.15) is 38.8 Å². The maximum absolute atomic E-state index is 12.0. The summed E-state index contributed by atoms with van der Waals surface area (Å²) in [5.41, 5.74) is 1.88. The summed E-state index contributed by atoms with van der Waals surface area (Å²) in [5, 5.41) is 9.22. The lowest BCUT2D eigenvalue weighted by Crippen LogP contribution is -2.41. The minimum Gasteiger partial charge on any atom is -0.465 e. The fourth-order valence-electron chi connectivity index (χ4n) is 2.56. The number of esters is 1. The number of benzene rings is 1. The van der Waals surface area contributed by atoms with E-state index in [1.54, 1.807) is 0 Å². The van der Waals surface area contributed by atoms with Gasteiger partial charge >= 0.3 is 13.1 Å². The van der Waals surface area contributed by atoms with Gasteiger partial charge in [0.05, 0.1) is 30.5 Å². The first-order valence-corrected chi connectivity index (χ1v) is 7.99. The lowest BCUT2D eigenvalue weighted by Gasteiger charge is -2.32. The average Bonchev–Trinajstić information content (AvgIpc) is 2.73. The molecule has 0 atom stereocenters. The van der Waals surface area contributed by atoms with Crippen LogP contribution < -0.4 is 5.46 Å². The first kappa shape index (κ1) is 18.7. The Morgan fingerprint density at radius 3 is 2.33 bits per heavy atom. The molecule has 1 saturated heterocycles. The summed E-state index contributed by atoms with van der Waals surface area (Å²) in [7, 11) is 0.809. The normalized spacial score (nSPS) is 19.5. The predicted molar refractivity (Wildman–Crippen MR) is 94.0 cm³/mol. The van der Waals surface area contributed by atoms with E-state index in [0.29, 0.717) is 11.1 Å². The van der Waals surface area contributed by atoms with Gasteiger partial charge < -0.3 is 19.2 Å². The number of aryl methyl sites for hydroxylation is 1. The summed E-state index contributed by atoms with van der Waals surface area (Å²) < 4.78 is 17.0. The van der Waals surface area contributed by atoms with Crippen molar-refractivity contribution in [1.82, 2.24) is 0 Å². The number of aliphatic hydroxyl groups is 1. The third kappa shape index (κ3) is 3.41. The van der Waals surface area contributed by atoms with E-state index in [0.717, 1.165) is 11.0 Å². The number of carbonyl (C=O) groups is 1. The molecule has 0 bridgehead atoms. The molecule has 0 radical (unpaired) electrons. The van der Waals surface area contributed by atoms with Crippen molar-refractivity contribution in [3.63, 3.8) is 0 Å². The van der Waals surface area contributed by atoms with E-state index in [1.807, 2.05) is 52.8 Å². The highest BCUT2D eigenvalue weighted by atomic mass is 16.7. The number of rotatable bonds is 4. The van der Waals surface area contributed by atoms with Crippen LogP contribution in [0.5, 0.6) is 0 Å². The molecule has 24 heavy (non-hydrogen) atoms. The number of carbonyl (C=O) groups excluding carboxylic acids is 1. The Balaban J connectivity index is 2.43. The molecule has 0 spiro atoms. The number of ether oxygens (including phenoxy) is 1. The molecule has 0 aromatic heterocycles. The molecule has 0 amide bonds. The quantitative estimate of drug-likeness (QED) is 0.518. The molecule has 1 aromatic rings. The summed E-state index contributed by atoms with van der Waals surface area (Å²) in [5.74, 6) is -0.488. The molecule has 0 saturated carbocycles. The fourth-order valence-corrected chi connectivity index (χ4v) is 2.56. The second-order valence-electron chi connectivity index (χ2n) is 6.95. The lowest BCUT2D eigenvalue weighted by atomic mass is 9.77. The van der Waals surface area contributed by atoms with E-state index >= 15 is 0 Å². The van der Waals surface area contributed by atoms with Gasteiger partial charge in [-0.15, -0.1) is 0 Å². The van der Waals surface area contributed by atoms with Crippen LogP contribution in [0.4, 0.5) is 0 Å². The monoisotopic (exact) mass is 332 g/mol. The molecule has 1 aromatic carbocycles. The van der Waals surface area contributed by atoms with Crippen molar-refractivity contribution >= 4 is 24.1 Å². The van der Waals surface area contributed by atoms with Crippen LogP contribution in [-0.4, -0.2) is 43.1 Å². The molecule has 2 rings (SSSR count). The smallest absolute Gasteiger partial charge is 0.465 e. The zero-order chi connectivity index (χ0) is 18.1. The maximum Gasteiger partial charge on any atom is 0.494 e. The summed E-state index contributed by atoms with van der Waals surface area (Å²) >= 11 is 0. The summed E-state index contributed by atoms with van der Waals surface area (Å²) in [4.78, 5) is 12.0. The van der Waals surface area contributed by atoms with Crippen molar-refractivity contribution in [2.24, 2.45) is 0 Å². The number of aliphatic hydroxyl groups excluding tert-OH is 1. The second-order valence-corrected chi connectivity index (χ2v) is 6.95. The van der Waals surface area contributed by atoms with Gasteiger partial charge in [-0.2, -0.15) is 0 Å². The van der Waals surface area contributed by atoms with E-state index in [9.17, 15) is 9.90 Å². The first-order valence-electron chi connectivity index (χ1n) is 7.99. The van der Waals surface area contributed by atoms with Gasteiger partial charge in [-0.25, -0.2) is 4.79 Å². The zero-order valence-electron chi connectivity index (χ0n) is 15.2. The summed E-state index contributed by atoms with van der Waals surface area (Å²) in [6.45, 7) is 9.63. The Hall–Kier alpha value is -1.63. The van der Waals surface area contributed by atoms with Crippen molar-refractivity contribution in [3.8, 4) is 0 Å². The van der Waals surface area contributed by atoms with E-state index < -0.39 is 24.3 Å². The van der Waals surface area contributed by atoms with Gasteiger partial charge in [0.2, 0.25) is 0 Å². The second kappa shape index (κ2) is 6.71. The highest BCUT2D eigenvalue weighted by Crippen LogP contribution is 2.36. The average molecular weight is 332 g/mol. The van der Waals surface area contributed by atoms with Crippen LogP contribution in [0.25, 0.3) is 5.57 Å². The molecule has 1 fully saturated rings. The standard InChI is InChI=1S/C18H25BO5/c1-12-7-8-13(19-23-17(2,3)18(4,5)24-19)11-15(12)14(9-10-20)16(21)22-6/h7-9,11,20H,10H2,1-6H3/b14-9+. The van der Waals surface area contributed by atoms with Crippen LogP contribution in [0.3, 0.4) is 0 Å². The topological polar surface area (TPSA) is 65.0 Å². The molecular weight excluding hydrogens is 307 g/mol. The Labute approximate surface area is 143 Å². The van der Waals surface area contributed by atoms with Crippen LogP contribution >= 0.6 is 0 Å². The minimum absolute atomic E-state index is 0.245. The molecule has 1 N–H and O–H groups in total. The highest BCUT2D eigenvalue weighted by molar-refractivity contribution is 6.62. The molecule has 1 aliphatic heterocycles. The summed E-state index contributed by atoms with van der Waals surface area (Å²) in [6.07, 6.45) is 1.45. The van der Waals surface area contributed by atoms with Gasteiger partial charge in [0.25, 0.3) is 0 Å². The molecule has 1 aliphatic rings. The SMILES string of the molecule is COC(=O)/C(=C/CO)c1cc(B2OC(C)(C)C(C)(C)O2)ccc1C. The van der Waals surface area contributed by atoms with Crippen molar-refractivity contribution < 1.29 is 23.9 Å². The fraction of sp³-hybridized carbons (Fsp3) is 0.500. The van der Waals surface area contributed by atoms with Crippen molar-refractivity contribution in [1.29, 1.82) is 0 Å². The Morgan fingerprint density at radius 2 is 1.83 bits per heavy atom. The molecule has 5 nitrogen and oxygen atoms in total. The van der Waals surface area contributed by atoms with Crippen molar-refractivity contribution in [2.45, 2.75) is 45.8 Å². The maximum atomic E-state index is 12.0. The lowest BCUT2D eigenvalue weighted by molar-refractivity contribution is -0.133. The Bertz CT molecular complexity index is 647. The molecular formula is C18H25BO5. The predicted octanol–water partition coefficient (Wildman–Crippen LogP) is 1.84. The Morgan fingerprint density at radius 1 is 1.25 bits per heavy atom. The highest BCUT2D eigenvalue weighted by Gasteiger charge is 2.51. The van der Waals surface area contributed by atoms with E-state index in [4.69, 9.17) is 14.0 Å². The van der Waals surface area contributed by atoms with Crippen LogP contribution in [-0.2, 0) is 18.8 Å². The van der Waals surface area contributed by atoms with Gasteiger partial charge in [-0.05, 0) is 57.3 Å². The van der Waals surface area contributed by atoms with Gasteiger partial charge in [-0.1, -0.05) is 18.2 Å². The number of hydrogen-bond donors (Lipinski definition) is 1. The van der Waals surface area contributed by atoms with Crippen LogP contribution in [0.15, 0.2) is 24.3 Å². The van der Waals surface area contributed by atoms with Gasteiger partial charge in [0, 0.05) is 0 Å². The number of hydrogen-bond acceptors (Lipinski definition) is 5. The van der Waals surface area contributed by atoms with E-state index in [1.165, 1.54) is 13.2 Å². The largest absolute Gasteiger partial charge is 0.494 e. The van der Waals surface area contributed by atoms with Crippen LogP contribution in [0.2, 0.25) is 0 Å². The number of methoxy groups -OCH3 is 1. The van der Waals surface area contributed by atoms with Gasteiger partial charge in [-0.3, -0.25) is 0 Å². The molecule has 1 heterocycles. The van der Waals surface area contributed by atoms with E-state index in [-0.39, 0.29) is 6.61 Å². The first-order chi connectivity index (χ1) is 11.1. The summed E-state index contributed by atoms with van der Waals surface area (Å²) in [6, 6.07) is 5.69. The third-order valence-corrected chi connectivity index (χ3v) is 4.78. The molecule has 0 aliphatic carbocycles. The van der Waals surface area contributed by atoms with Gasteiger partial charge in [0.1, 0.15) is 0 Å². The molecule has 130 valence electrons. The van der Waals surface area contributed by atoms with Crippen molar-refractivity contribution in [2.75, 3.05) is 13.7 Å². The van der Waals surface area contributed by atoms with E-state index in [2.05, 4.69) is 0 Å². The minimum atomic E-state index is -0.512.